The Bertz CT molecular complexity index is 697. The van der Waals surface area contributed by atoms with E-state index in [1.807, 2.05) is 6.07 Å². The number of amides is 1. The number of hydrogen-bond acceptors (Lipinski definition) is 7. The molecule has 0 fully saturated rings. The molecule has 1 aliphatic rings. The summed E-state index contributed by atoms with van der Waals surface area (Å²) in [6.45, 7) is 1.98. The number of carbonyl (C=O) groups excluding carboxylic acids is 2. The summed E-state index contributed by atoms with van der Waals surface area (Å²) in [5.74, 6) is -0.860. The lowest BCUT2D eigenvalue weighted by molar-refractivity contribution is -0.139. The first kappa shape index (κ1) is 17.2. The molecule has 0 bridgehead atoms. The first-order valence-electron chi connectivity index (χ1n) is 6.75. The minimum absolute atomic E-state index is 0.0160. The summed E-state index contributed by atoms with van der Waals surface area (Å²) >= 11 is 2.30. The van der Waals surface area contributed by atoms with Crippen LogP contribution in [0.4, 0.5) is 0 Å². The second-order valence-corrected chi connectivity index (χ2v) is 6.76. The number of rotatable bonds is 5. The van der Waals surface area contributed by atoms with Gasteiger partial charge in [-0.25, -0.2) is 0 Å². The zero-order valence-electron chi connectivity index (χ0n) is 12.2. The molecule has 1 amide bonds. The smallest absolute Gasteiger partial charge is 0.316 e. The monoisotopic (exact) mass is 350 g/mol. The molecule has 120 valence electrons. The summed E-state index contributed by atoms with van der Waals surface area (Å²) in [6, 6.07) is 8.50. The Balaban J connectivity index is 2.20. The standard InChI is InChI=1S/C15H14N2O4S2/c1-2-21-12(19)8-22-15-10(7-16)13(20)17-14(23-15)9-5-3-4-6-11(9)18/h3-6,14,18H,2,8H2,1H3,(H,17,20). The molecule has 0 spiro atoms. The maximum absolute atomic E-state index is 12.1. The molecule has 0 saturated heterocycles. The molecule has 1 aromatic rings. The van der Waals surface area contributed by atoms with Crippen LogP contribution < -0.4 is 5.32 Å². The number of phenols is 1. The minimum atomic E-state index is -0.523. The van der Waals surface area contributed by atoms with Crippen molar-refractivity contribution in [2.45, 2.75) is 12.3 Å². The maximum Gasteiger partial charge on any atom is 0.316 e. The van der Waals surface area contributed by atoms with Crippen LogP contribution in [0.1, 0.15) is 17.9 Å². The van der Waals surface area contributed by atoms with Gasteiger partial charge in [0, 0.05) is 5.56 Å². The number of nitriles is 1. The maximum atomic E-state index is 12.1. The number of aromatic hydroxyl groups is 1. The Kier molecular flexibility index (Phi) is 5.96. The van der Waals surface area contributed by atoms with Gasteiger partial charge in [-0.1, -0.05) is 30.0 Å². The van der Waals surface area contributed by atoms with Crippen LogP contribution in [0, 0.1) is 11.3 Å². The number of hydrogen-bond donors (Lipinski definition) is 2. The summed E-state index contributed by atoms with van der Waals surface area (Å²) < 4.78 is 5.29. The Morgan fingerprint density at radius 2 is 2.26 bits per heavy atom. The quantitative estimate of drug-likeness (QED) is 0.786. The van der Waals surface area contributed by atoms with E-state index in [1.165, 1.54) is 17.8 Å². The van der Waals surface area contributed by atoms with Gasteiger partial charge >= 0.3 is 5.97 Å². The summed E-state index contributed by atoms with van der Waals surface area (Å²) in [7, 11) is 0. The molecule has 0 aromatic heterocycles. The minimum Gasteiger partial charge on any atom is -0.508 e. The number of phenolic OH excluding ortho intramolecular Hbond substituents is 1. The lowest BCUT2D eigenvalue weighted by atomic mass is 10.2. The average Bonchev–Trinajstić information content (AvgIpc) is 2.53. The molecule has 8 heteroatoms. The van der Waals surface area contributed by atoms with Crippen LogP contribution in [0.15, 0.2) is 34.1 Å². The van der Waals surface area contributed by atoms with Gasteiger partial charge in [-0.15, -0.1) is 11.8 Å². The molecule has 2 rings (SSSR count). The number of para-hydroxylation sites is 1. The molecule has 1 unspecified atom stereocenters. The van der Waals surface area contributed by atoms with Crippen molar-refractivity contribution in [3.63, 3.8) is 0 Å². The topological polar surface area (TPSA) is 99.4 Å². The van der Waals surface area contributed by atoms with Crippen molar-refractivity contribution in [3.05, 3.63) is 39.6 Å². The summed E-state index contributed by atoms with van der Waals surface area (Å²) in [4.78, 5) is 23.6. The van der Waals surface area contributed by atoms with E-state index in [2.05, 4.69) is 5.32 Å². The Morgan fingerprint density at radius 1 is 1.52 bits per heavy atom. The highest BCUT2D eigenvalue weighted by atomic mass is 32.2. The normalized spacial score (nSPS) is 17.4. The zero-order chi connectivity index (χ0) is 16.8. The fraction of sp³-hybridized carbons (Fsp3) is 0.267. The Morgan fingerprint density at radius 3 is 2.91 bits per heavy atom. The summed E-state index contributed by atoms with van der Waals surface area (Å²) in [5.41, 5.74) is 0.507. The van der Waals surface area contributed by atoms with Crippen LogP contribution in [-0.2, 0) is 14.3 Å². The zero-order valence-corrected chi connectivity index (χ0v) is 13.9. The molecule has 23 heavy (non-hydrogen) atoms. The number of carbonyl (C=O) groups is 2. The van der Waals surface area contributed by atoms with Crippen molar-refractivity contribution >= 4 is 35.4 Å². The molecule has 0 aliphatic carbocycles. The van der Waals surface area contributed by atoms with Gasteiger partial charge in [0.25, 0.3) is 5.91 Å². The third kappa shape index (κ3) is 4.21. The van der Waals surface area contributed by atoms with E-state index >= 15 is 0 Å². The van der Waals surface area contributed by atoms with Crippen LogP contribution in [0.5, 0.6) is 5.75 Å². The summed E-state index contributed by atoms with van der Waals surface area (Å²) in [6.07, 6.45) is 0. The van der Waals surface area contributed by atoms with Crippen LogP contribution in [0.2, 0.25) is 0 Å². The van der Waals surface area contributed by atoms with Gasteiger partial charge in [-0.2, -0.15) is 5.26 Å². The molecule has 1 atom stereocenters. The van der Waals surface area contributed by atoms with E-state index in [1.54, 1.807) is 25.1 Å². The van der Waals surface area contributed by atoms with E-state index < -0.39 is 17.3 Å². The fourth-order valence-corrected chi connectivity index (χ4v) is 4.17. The number of nitrogens with zero attached hydrogens (tertiary/aromatic N) is 1. The SMILES string of the molecule is CCOC(=O)CSC1=C(C#N)C(=O)NC(c2ccccc2O)S1. The van der Waals surface area contributed by atoms with Gasteiger partial charge in [-0.3, -0.25) is 9.59 Å². The second-order valence-electron chi connectivity index (χ2n) is 4.40. The number of ether oxygens (including phenoxy) is 1. The molecule has 1 aromatic carbocycles. The second kappa shape index (κ2) is 7.94. The van der Waals surface area contributed by atoms with Gasteiger partial charge in [0.2, 0.25) is 0 Å². The van der Waals surface area contributed by atoms with Crippen LogP contribution >= 0.6 is 23.5 Å². The molecule has 0 saturated carbocycles. The predicted octanol–water partition coefficient (Wildman–Crippen LogP) is 2.29. The highest BCUT2D eigenvalue weighted by molar-refractivity contribution is 8.22. The van der Waals surface area contributed by atoms with E-state index in [4.69, 9.17) is 10.00 Å². The first-order chi connectivity index (χ1) is 11.1. The first-order valence-corrected chi connectivity index (χ1v) is 8.61. The highest BCUT2D eigenvalue weighted by Crippen LogP contribution is 2.45. The van der Waals surface area contributed by atoms with Gasteiger partial charge in [0.15, 0.2) is 0 Å². The molecular weight excluding hydrogens is 336 g/mol. The largest absolute Gasteiger partial charge is 0.508 e. The van der Waals surface area contributed by atoms with E-state index in [0.717, 1.165) is 11.8 Å². The number of nitrogens with one attached hydrogen (secondary N) is 1. The van der Waals surface area contributed by atoms with Crippen LogP contribution in [0.25, 0.3) is 0 Å². The lowest BCUT2D eigenvalue weighted by Gasteiger charge is -2.25. The molecule has 1 heterocycles. The van der Waals surface area contributed by atoms with Crippen molar-refractivity contribution in [2.75, 3.05) is 12.4 Å². The van der Waals surface area contributed by atoms with Crippen molar-refractivity contribution in [3.8, 4) is 11.8 Å². The van der Waals surface area contributed by atoms with Crippen molar-refractivity contribution < 1.29 is 19.4 Å². The molecular formula is C15H14N2O4S2. The fourth-order valence-electron chi connectivity index (χ4n) is 1.86. The van der Waals surface area contributed by atoms with Crippen molar-refractivity contribution in [1.29, 1.82) is 5.26 Å². The molecule has 0 radical (unpaired) electrons. The molecule has 2 N–H and O–H groups in total. The van der Waals surface area contributed by atoms with E-state index in [9.17, 15) is 14.7 Å². The highest BCUT2D eigenvalue weighted by Gasteiger charge is 2.30. The van der Waals surface area contributed by atoms with Gasteiger partial charge in [0.05, 0.1) is 16.6 Å². The van der Waals surface area contributed by atoms with Gasteiger partial charge < -0.3 is 15.2 Å². The predicted molar refractivity (Wildman–Crippen MR) is 88.3 cm³/mol. The average molecular weight is 350 g/mol. The summed E-state index contributed by atoms with van der Waals surface area (Å²) in [5, 5.41) is 21.2. The van der Waals surface area contributed by atoms with E-state index in [0.29, 0.717) is 9.80 Å². The molecule has 1 aliphatic heterocycles. The van der Waals surface area contributed by atoms with Crippen molar-refractivity contribution in [2.24, 2.45) is 0 Å². The third-order valence-electron chi connectivity index (χ3n) is 2.88. The number of benzene rings is 1. The van der Waals surface area contributed by atoms with E-state index in [-0.39, 0.29) is 23.7 Å². The van der Waals surface area contributed by atoms with Gasteiger partial charge in [-0.05, 0) is 13.0 Å². The molecule has 6 nitrogen and oxygen atoms in total. The Labute approximate surface area is 141 Å². The van der Waals surface area contributed by atoms with Crippen molar-refractivity contribution in [1.82, 2.24) is 5.32 Å². The number of thioether (sulfide) groups is 2. The number of esters is 1. The van der Waals surface area contributed by atoms with Crippen LogP contribution in [0.3, 0.4) is 0 Å². The lowest BCUT2D eigenvalue weighted by Crippen LogP contribution is -2.31. The Hall–Kier alpha value is -2.11. The van der Waals surface area contributed by atoms with Gasteiger partial charge in [0.1, 0.15) is 22.8 Å². The van der Waals surface area contributed by atoms with Crippen LogP contribution in [-0.4, -0.2) is 29.3 Å². The third-order valence-corrected chi connectivity index (χ3v) is 5.39.